The third kappa shape index (κ3) is 4.48. The van der Waals surface area contributed by atoms with Gasteiger partial charge in [-0.25, -0.2) is 0 Å². The number of allylic oxidation sites excluding steroid dienone is 1. The number of ketones is 2. The van der Waals surface area contributed by atoms with Crippen LogP contribution < -0.4 is 0 Å². The molecule has 0 rings (SSSR count). The minimum Gasteiger partial charge on any atom is -0.300 e. The highest BCUT2D eigenvalue weighted by molar-refractivity contribution is 5.85. The molecule has 0 bridgehead atoms. The lowest BCUT2D eigenvalue weighted by molar-refractivity contribution is -0.125. The van der Waals surface area contributed by atoms with Crippen LogP contribution in [0.1, 0.15) is 26.7 Å². The Kier molecular flexibility index (Phi) is 4.42. The molecule has 0 aromatic carbocycles. The fourth-order valence-electron chi connectivity index (χ4n) is 0.941. The highest BCUT2D eigenvalue weighted by atomic mass is 16.1. The molecule has 0 aliphatic carbocycles. The summed E-state index contributed by atoms with van der Waals surface area (Å²) in [6.45, 7) is 6.54. The molecule has 0 aromatic heterocycles. The Morgan fingerprint density at radius 2 is 2.00 bits per heavy atom. The molecule has 0 radical (unpaired) electrons. The second-order valence-electron chi connectivity index (χ2n) is 2.74. The van der Waals surface area contributed by atoms with Crippen molar-refractivity contribution in [3.8, 4) is 0 Å². The summed E-state index contributed by atoms with van der Waals surface area (Å²) < 4.78 is 0. The standard InChI is InChI=1S/C9H14O2/c1-4-5-9(8(3)11)6-7(2)10/h4,9H,1,5-6H2,2-3H3. The van der Waals surface area contributed by atoms with E-state index in [4.69, 9.17) is 0 Å². The summed E-state index contributed by atoms with van der Waals surface area (Å²) in [7, 11) is 0. The maximum Gasteiger partial charge on any atom is 0.133 e. The van der Waals surface area contributed by atoms with Crippen LogP contribution in [0.25, 0.3) is 0 Å². The maximum atomic E-state index is 10.9. The molecule has 1 atom stereocenters. The first-order valence-corrected chi connectivity index (χ1v) is 3.68. The van der Waals surface area contributed by atoms with E-state index in [0.29, 0.717) is 12.8 Å². The Morgan fingerprint density at radius 3 is 2.27 bits per heavy atom. The van der Waals surface area contributed by atoms with E-state index < -0.39 is 0 Å². The van der Waals surface area contributed by atoms with Gasteiger partial charge in [-0.1, -0.05) is 6.08 Å². The molecular weight excluding hydrogens is 140 g/mol. The molecule has 0 saturated heterocycles. The molecule has 0 N–H and O–H groups in total. The lowest BCUT2D eigenvalue weighted by Crippen LogP contribution is -2.13. The molecule has 0 spiro atoms. The van der Waals surface area contributed by atoms with E-state index in [9.17, 15) is 9.59 Å². The van der Waals surface area contributed by atoms with Gasteiger partial charge in [-0.2, -0.15) is 0 Å². The Morgan fingerprint density at radius 1 is 1.45 bits per heavy atom. The van der Waals surface area contributed by atoms with E-state index in [1.807, 2.05) is 0 Å². The lowest BCUT2D eigenvalue weighted by atomic mass is 9.95. The van der Waals surface area contributed by atoms with Gasteiger partial charge in [0.1, 0.15) is 11.6 Å². The Hall–Kier alpha value is -0.920. The van der Waals surface area contributed by atoms with Gasteiger partial charge in [0, 0.05) is 12.3 Å². The highest BCUT2D eigenvalue weighted by Gasteiger charge is 2.13. The van der Waals surface area contributed by atoms with Crippen molar-refractivity contribution < 1.29 is 9.59 Å². The highest BCUT2D eigenvalue weighted by Crippen LogP contribution is 2.10. The van der Waals surface area contributed by atoms with Crippen molar-refractivity contribution in [3.63, 3.8) is 0 Å². The average molecular weight is 154 g/mol. The molecule has 2 heteroatoms. The minimum atomic E-state index is -0.148. The van der Waals surface area contributed by atoms with Crippen LogP contribution in [0.5, 0.6) is 0 Å². The van der Waals surface area contributed by atoms with Crippen molar-refractivity contribution in [2.75, 3.05) is 0 Å². The monoisotopic (exact) mass is 154 g/mol. The molecule has 0 amide bonds. The first kappa shape index (κ1) is 10.1. The fourth-order valence-corrected chi connectivity index (χ4v) is 0.941. The third-order valence-electron chi connectivity index (χ3n) is 1.56. The molecule has 2 nitrogen and oxygen atoms in total. The van der Waals surface area contributed by atoms with Gasteiger partial charge in [0.2, 0.25) is 0 Å². The van der Waals surface area contributed by atoms with Crippen LogP contribution >= 0.6 is 0 Å². The Balaban J connectivity index is 3.99. The summed E-state index contributed by atoms with van der Waals surface area (Å²) in [6.07, 6.45) is 2.63. The summed E-state index contributed by atoms with van der Waals surface area (Å²) in [5.74, 6) is -0.0165. The number of carbonyl (C=O) groups is 2. The third-order valence-corrected chi connectivity index (χ3v) is 1.56. The molecule has 0 heterocycles. The average Bonchev–Trinajstić information content (AvgIpc) is 1.86. The van der Waals surface area contributed by atoms with Crippen molar-refractivity contribution >= 4 is 11.6 Å². The largest absolute Gasteiger partial charge is 0.300 e. The molecular formula is C9H14O2. The Labute approximate surface area is 67.3 Å². The van der Waals surface area contributed by atoms with E-state index in [1.165, 1.54) is 13.8 Å². The smallest absolute Gasteiger partial charge is 0.133 e. The van der Waals surface area contributed by atoms with Crippen molar-refractivity contribution in [2.45, 2.75) is 26.7 Å². The summed E-state index contributed by atoms with van der Waals surface area (Å²) in [5.41, 5.74) is 0. The molecule has 0 saturated carbocycles. The van der Waals surface area contributed by atoms with Crippen LogP contribution in [-0.4, -0.2) is 11.6 Å². The van der Waals surface area contributed by atoms with Gasteiger partial charge in [-0.15, -0.1) is 6.58 Å². The van der Waals surface area contributed by atoms with Crippen LogP contribution in [0, 0.1) is 5.92 Å². The second-order valence-corrected chi connectivity index (χ2v) is 2.74. The fraction of sp³-hybridized carbons (Fsp3) is 0.556. The zero-order chi connectivity index (χ0) is 8.85. The number of hydrogen-bond acceptors (Lipinski definition) is 2. The minimum absolute atomic E-state index is 0.0621. The molecule has 0 aliphatic heterocycles. The van der Waals surface area contributed by atoms with Crippen LogP contribution in [0.15, 0.2) is 12.7 Å². The van der Waals surface area contributed by atoms with Gasteiger partial charge < -0.3 is 4.79 Å². The Bertz CT molecular complexity index is 170. The van der Waals surface area contributed by atoms with E-state index in [0.717, 1.165) is 0 Å². The van der Waals surface area contributed by atoms with Crippen molar-refractivity contribution in [2.24, 2.45) is 5.92 Å². The van der Waals surface area contributed by atoms with E-state index in [1.54, 1.807) is 6.08 Å². The lowest BCUT2D eigenvalue weighted by Gasteiger charge is -2.07. The number of carbonyl (C=O) groups excluding carboxylic acids is 2. The molecule has 62 valence electrons. The van der Waals surface area contributed by atoms with Gasteiger partial charge in [0.15, 0.2) is 0 Å². The topological polar surface area (TPSA) is 34.1 Å². The zero-order valence-corrected chi connectivity index (χ0v) is 7.09. The van der Waals surface area contributed by atoms with Gasteiger partial charge in [-0.3, -0.25) is 4.79 Å². The quantitative estimate of drug-likeness (QED) is 0.565. The van der Waals surface area contributed by atoms with Crippen molar-refractivity contribution in [3.05, 3.63) is 12.7 Å². The van der Waals surface area contributed by atoms with Crippen LogP contribution in [-0.2, 0) is 9.59 Å². The van der Waals surface area contributed by atoms with Crippen LogP contribution in [0.2, 0.25) is 0 Å². The van der Waals surface area contributed by atoms with Crippen LogP contribution in [0.3, 0.4) is 0 Å². The van der Waals surface area contributed by atoms with Gasteiger partial charge in [0.05, 0.1) is 0 Å². The predicted octanol–water partition coefficient (Wildman–Crippen LogP) is 1.75. The summed E-state index contributed by atoms with van der Waals surface area (Å²) in [6, 6.07) is 0. The molecule has 0 aliphatic rings. The first-order valence-electron chi connectivity index (χ1n) is 3.68. The number of Topliss-reactive ketones (excluding diaryl/α,β-unsaturated/α-hetero) is 2. The van der Waals surface area contributed by atoms with E-state index in [-0.39, 0.29) is 17.5 Å². The van der Waals surface area contributed by atoms with Gasteiger partial charge in [0.25, 0.3) is 0 Å². The second kappa shape index (κ2) is 4.83. The normalized spacial score (nSPS) is 12.2. The van der Waals surface area contributed by atoms with E-state index >= 15 is 0 Å². The predicted molar refractivity (Wildman–Crippen MR) is 44.3 cm³/mol. The van der Waals surface area contributed by atoms with Gasteiger partial charge >= 0.3 is 0 Å². The molecule has 11 heavy (non-hydrogen) atoms. The molecule has 1 unspecified atom stereocenters. The molecule has 0 fully saturated rings. The van der Waals surface area contributed by atoms with Crippen LogP contribution in [0.4, 0.5) is 0 Å². The number of rotatable bonds is 5. The van der Waals surface area contributed by atoms with E-state index in [2.05, 4.69) is 6.58 Å². The zero-order valence-electron chi connectivity index (χ0n) is 7.09. The molecule has 0 aromatic rings. The van der Waals surface area contributed by atoms with Crippen molar-refractivity contribution in [1.29, 1.82) is 0 Å². The van der Waals surface area contributed by atoms with Gasteiger partial charge in [-0.05, 0) is 20.3 Å². The first-order chi connectivity index (χ1) is 5.07. The summed E-state index contributed by atoms with van der Waals surface area (Å²) in [5, 5.41) is 0. The maximum absolute atomic E-state index is 10.9. The SMILES string of the molecule is C=CCC(CC(C)=O)C(C)=O. The number of hydrogen-bond donors (Lipinski definition) is 0. The summed E-state index contributed by atoms with van der Waals surface area (Å²) >= 11 is 0. The summed E-state index contributed by atoms with van der Waals surface area (Å²) in [4.78, 5) is 21.5. The van der Waals surface area contributed by atoms with Crippen molar-refractivity contribution in [1.82, 2.24) is 0 Å².